The Balaban J connectivity index is 2.20. The number of aromatic nitrogens is 2. The van der Waals surface area contributed by atoms with Crippen LogP contribution in [0.4, 0.5) is 11.5 Å². The number of aryl methyl sites for hydroxylation is 1. The van der Waals surface area contributed by atoms with Gasteiger partial charge < -0.3 is 10.6 Å². The van der Waals surface area contributed by atoms with Crippen LogP contribution in [-0.4, -0.2) is 17.0 Å². The Hall–Kier alpha value is -1.14. The van der Waals surface area contributed by atoms with E-state index in [1.807, 2.05) is 30.4 Å². The van der Waals surface area contributed by atoms with E-state index < -0.39 is 0 Å². The number of hydrogen-bond donors (Lipinski definition) is 1. The van der Waals surface area contributed by atoms with Gasteiger partial charge in [0.15, 0.2) is 5.82 Å². The average molecular weight is 313 g/mol. The van der Waals surface area contributed by atoms with Gasteiger partial charge in [-0.05, 0) is 28.9 Å². The van der Waals surface area contributed by atoms with Crippen molar-refractivity contribution in [1.82, 2.24) is 9.97 Å². The van der Waals surface area contributed by atoms with E-state index in [1.54, 1.807) is 17.5 Å². The highest BCUT2D eigenvalue weighted by atomic mass is 79.9. The largest absolute Gasteiger partial charge is 0.396 e. The minimum Gasteiger partial charge on any atom is -0.396 e. The van der Waals surface area contributed by atoms with Gasteiger partial charge in [-0.15, -0.1) is 11.3 Å². The standard InChI is InChI=1S/C11H13BrN4S/c1-7-10(17-6-15-7)5-16(2)11-9(13)3-8(12)4-14-11/h3-4,6H,5,13H2,1-2H3. The molecule has 0 aliphatic carbocycles. The summed E-state index contributed by atoms with van der Waals surface area (Å²) in [6.07, 6.45) is 1.75. The molecule has 0 atom stereocenters. The molecule has 0 aliphatic heterocycles. The third-order valence-corrected chi connectivity index (χ3v) is 3.80. The van der Waals surface area contributed by atoms with Gasteiger partial charge in [-0.3, -0.25) is 0 Å². The van der Waals surface area contributed by atoms with Crippen molar-refractivity contribution < 1.29 is 0 Å². The van der Waals surface area contributed by atoms with Crippen LogP contribution in [0.25, 0.3) is 0 Å². The van der Waals surface area contributed by atoms with Crippen molar-refractivity contribution in [1.29, 1.82) is 0 Å². The zero-order chi connectivity index (χ0) is 12.4. The molecule has 4 nitrogen and oxygen atoms in total. The van der Waals surface area contributed by atoms with Crippen molar-refractivity contribution in [3.05, 3.63) is 32.8 Å². The van der Waals surface area contributed by atoms with Gasteiger partial charge in [-0.1, -0.05) is 0 Å². The predicted octanol–water partition coefficient (Wildman–Crippen LogP) is 2.83. The van der Waals surface area contributed by atoms with E-state index in [2.05, 4.69) is 25.9 Å². The van der Waals surface area contributed by atoms with Gasteiger partial charge in [0.05, 0.1) is 23.4 Å². The summed E-state index contributed by atoms with van der Waals surface area (Å²) in [5.41, 5.74) is 9.54. The molecule has 0 aromatic carbocycles. The van der Waals surface area contributed by atoms with Crippen LogP contribution in [0, 0.1) is 6.92 Å². The summed E-state index contributed by atoms with van der Waals surface area (Å²) >= 11 is 5.00. The van der Waals surface area contributed by atoms with E-state index >= 15 is 0 Å². The number of anilines is 2. The topological polar surface area (TPSA) is 55.0 Å². The minimum atomic E-state index is 0.670. The Labute approximate surface area is 113 Å². The average Bonchev–Trinajstić information content (AvgIpc) is 2.64. The smallest absolute Gasteiger partial charge is 0.151 e. The molecule has 90 valence electrons. The monoisotopic (exact) mass is 312 g/mol. The van der Waals surface area contributed by atoms with Gasteiger partial charge in [-0.25, -0.2) is 9.97 Å². The maximum Gasteiger partial charge on any atom is 0.151 e. The van der Waals surface area contributed by atoms with Crippen LogP contribution in [0.1, 0.15) is 10.6 Å². The first-order chi connectivity index (χ1) is 8.08. The third kappa shape index (κ3) is 2.76. The summed E-state index contributed by atoms with van der Waals surface area (Å²) in [5.74, 6) is 0.793. The molecule has 2 rings (SSSR count). The molecule has 2 aromatic heterocycles. The molecular formula is C11H13BrN4S. The number of nitrogens with zero attached hydrogens (tertiary/aromatic N) is 3. The fourth-order valence-corrected chi connectivity index (χ4v) is 2.71. The molecular weight excluding hydrogens is 300 g/mol. The van der Waals surface area contributed by atoms with Gasteiger partial charge >= 0.3 is 0 Å². The molecule has 0 saturated carbocycles. The fourth-order valence-electron chi connectivity index (χ4n) is 1.53. The van der Waals surface area contributed by atoms with Gasteiger partial charge in [0, 0.05) is 22.6 Å². The van der Waals surface area contributed by atoms with E-state index in [-0.39, 0.29) is 0 Å². The summed E-state index contributed by atoms with van der Waals surface area (Å²) in [7, 11) is 1.98. The first kappa shape index (κ1) is 12.3. The first-order valence-electron chi connectivity index (χ1n) is 5.09. The zero-order valence-corrected chi connectivity index (χ0v) is 12.0. The Morgan fingerprint density at radius 3 is 2.82 bits per heavy atom. The number of rotatable bonds is 3. The summed E-state index contributed by atoms with van der Waals surface area (Å²) in [6, 6.07) is 1.86. The quantitative estimate of drug-likeness (QED) is 0.947. The summed E-state index contributed by atoms with van der Waals surface area (Å²) in [4.78, 5) is 11.8. The lowest BCUT2D eigenvalue weighted by molar-refractivity contribution is 0.903. The second-order valence-corrected chi connectivity index (χ2v) is 5.64. The van der Waals surface area contributed by atoms with E-state index in [0.717, 1.165) is 22.5 Å². The van der Waals surface area contributed by atoms with Gasteiger partial charge in [0.1, 0.15) is 0 Å². The summed E-state index contributed by atoms with van der Waals surface area (Å²) in [5, 5.41) is 0. The Morgan fingerprint density at radius 1 is 1.47 bits per heavy atom. The normalized spacial score (nSPS) is 10.5. The molecule has 0 aliphatic rings. The molecule has 0 fully saturated rings. The second-order valence-electron chi connectivity index (χ2n) is 3.78. The molecule has 2 N–H and O–H groups in total. The number of halogens is 1. The van der Waals surface area contributed by atoms with Crippen molar-refractivity contribution in [2.24, 2.45) is 0 Å². The molecule has 2 aromatic rings. The maximum atomic E-state index is 5.94. The number of nitrogen functional groups attached to an aromatic ring is 1. The van der Waals surface area contributed by atoms with E-state index in [0.29, 0.717) is 5.69 Å². The van der Waals surface area contributed by atoms with Crippen molar-refractivity contribution in [3.8, 4) is 0 Å². The lowest BCUT2D eigenvalue weighted by Gasteiger charge is -2.19. The number of nitrogens with two attached hydrogens (primary N) is 1. The Bertz CT molecular complexity index is 526. The van der Waals surface area contributed by atoms with Crippen LogP contribution in [0.2, 0.25) is 0 Å². The maximum absolute atomic E-state index is 5.94. The SMILES string of the molecule is Cc1ncsc1CN(C)c1ncc(Br)cc1N. The predicted molar refractivity (Wildman–Crippen MR) is 75.3 cm³/mol. The first-order valence-corrected chi connectivity index (χ1v) is 6.76. The molecule has 0 bridgehead atoms. The molecule has 0 saturated heterocycles. The molecule has 17 heavy (non-hydrogen) atoms. The van der Waals surface area contributed by atoms with E-state index in [4.69, 9.17) is 5.73 Å². The Kier molecular flexibility index (Phi) is 3.63. The van der Waals surface area contributed by atoms with Gasteiger partial charge in [-0.2, -0.15) is 0 Å². The number of pyridine rings is 1. The number of thiazole rings is 1. The molecule has 0 spiro atoms. The summed E-state index contributed by atoms with van der Waals surface area (Å²) < 4.78 is 0.890. The summed E-state index contributed by atoms with van der Waals surface area (Å²) in [6.45, 7) is 2.79. The highest BCUT2D eigenvalue weighted by molar-refractivity contribution is 9.10. The lowest BCUT2D eigenvalue weighted by atomic mass is 10.3. The van der Waals surface area contributed by atoms with Gasteiger partial charge in [0.2, 0.25) is 0 Å². The Morgan fingerprint density at radius 2 is 2.24 bits per heavy atom. The molecule has 2 heterocycles. The van der Waals surface area contributed by atoms with Crippen LogP contribution >= 0.6 is 27.3 Å². The minimum absolute atomic E-state index is 0.670. The van der Waals surface area contributed by atoms with Gasteiger partial charge in [0.25, 0.3) is 0 Å². The molecule has 0 unspecified atom stereocenters. The zero-order valence-electron chi connectivity index (χ0n) is 9.64. The molecule has 0 amide bonds. The van der Waals surface area contributed by atoms with Crippen LogP contribution in [0.3, 0.4) is 0 Å². The van der Waals surface area contributed by atoms with Crippen LogP contribution in [0.15, 0.2) is 22.2 Å². The second kappa shape index (κ2) is 5.01. The molecule has 6 heteroatoms. The van der Waals surface area contributed by atoms with Crippen LogP contribution in [-0.2, 0) is 6.54 Å². The fraction of sp³-hybridized carbons (Fsp3) is 0.273. The number of hydrogen-bond acceptors (Lipinski definition) is 5. The van der Waals surface area contributed by atoms with Crippen molar-refractivity contribution in [3.63, 3.8) is 0 Å². The highest BCUT2D eigenvalue weighted by Crippen LogP contribution is 2.25. The van der Waals surface area contributed by atoms with E-state index in [1.165, 1.54) is 4.88 Å². The lowest BCUT2D eigenvalue weighted by Crippen LogP contribution is -2.19. The van der Waals surface area contributed by atoms with Crippen molar-refractivity contribution in [2.45, 2.75) is 13.5 Å². The molecule has 0 radical (unpaired) electrons. The van der Waals surface area contributed by atoms with Crippen molar-refractivity contribution >= 4 is 38.8 Å². The van der Waals surface area contributed by atoms with Crippen molar-refractivity contribution in [2.75, 3.05) is 17.7 Å². The van der Waals surface area contributed by atoms with Crippen LogP contribution in [0.5, 0.6) is 0 Å². The van der Waals surface area contributed by atoms with E-state index in [9.17, 15) is 0 Å². The van der Waals surface area contributed by atoms with Crippen LogP contribution < -0.4 is 10.6 Å². The third-order valence-electron chi connectivity index (χ3n) is 2.45. The highest BCUT2D eigenvalue weighted by Gasteiger charge is 2.10.